The summed E-state index contributed by atoms with van der Waals surface area (Å²) in [6.45, 7) is 2.82. The van der Waals surface area contributed by atoms with Crippen LogP contribution in [-0.2, 0) is 17.3 Å². The smallest absolute Gasteiger partial charge is 0.0896 e. The van der Waals surface area contributed by atoms with Gasteiger partial charge >= 0.3 is 0 Å². The standard InChI is InChI=1S/C16H21NO2S2/c1-12(10-15(18)16-4-3-9-20-16)17-11-13-5-7-14(8-6-13)21(2)19/h3-9,12,15,17-18H,10-11H2,1-2H3. The van der Waals surface area contributed by atoms with Gasteiger partial charge in [0.25, 0.3) is 0 Å². The Morgan fingerprint density at radius 1 is 1.29 bits per heavy atom. The first kappa shape index (κ1) is 16.4. The fourth-order valence-corrected chi connectivity index (χ4v) is 3.35. The molecule has 21 heavy (non-hydrogen) atoms. The van der Waals surface area contributed by atoms with Crippen LogP contribution in [0.4, 0.5) is 0 Å². The van der Waals surface area contributed by atoms with E-state index in [1.807, 2.05) is 41.8 Å². The molecular weight excluding hydrogens is 302 g/mol. The number of nitrogens with one attached hydrogen (secondary N) is 1. The van der Waals surface area contributed by atoms with Crippen LogP contribution < -0.4 is 5.32 Å². The van der Waals surface area contributed by atoms with E-state index in [1.165, 1.54) is 0 Å². The number of hydrogen-bond acceptors (Lipinski definition) is 4. The molecule has 0 saturated heterocycles. The van der Waals surface area contributed by atoms with Gasteiger partial charge in [-0.2, -0.15) is 0 Å². The Morgan fingerprint density at radius 2 is 2.00 bits per heavy atom. The summed E-state index contributed by atoms with van der Waals surface area (Å²) >= 11 is 1.59. The highest BCUT2D eigenvalue weighted by molar-refractivity contribution is 7.84. The second-order valence-corrected chi connectivity index (χ2v) is 7.51. The predicted octanol–water partition coefficient (Wildman–Crippen LogP) is 3.09. The average Bonchev–Trinajstić information content (AvgIpc) is 3.00. The molecule has 0 aliphatic rings. The molecule has 1 aromatic carbocycles. The van der Waals surface area contributed by atoms with E-state index in [-0.39, 0.29) is 6.04 Å². The first-order chi connectivity index (χ1) is 10.1. The lowest BCUT2D eigenvalue weighted by molar-refractivity contribution is 0.157. The summed E-state index contributed by atoms with van der Waals surface area (Å²) in [6, 6.07) is 11.9. The lowest BCUT2D eigenvalue weighted by Gasteiger charge is -2.17. The van der Waals surface area contributed by atoms with E-state index in [1.54, 1.807) is 17.6 Å². The maximum Gasteiger partial charge on any atom is 0.0896 e. The molecule has 0 aliphatic carbocycles. The van der Waals surface area contributed by atoms with Gasteiger partial charge in [-0.3, -0.25) is 4.21 Å². The van der Waals surface area contributed by atoms with Gasteiger partial charge in [-0.25, -0.2) is 0 Å². The Balaban J connectivity index is 1.80. The van der Waals surface area contributed by atoms with Crippen molar-refractivity contribution in [1.29, 1.82) is 0 Å². The SMILES string of the molecule is CC(CC(O)c1cccs1)NCc1ccc(S(C)=O)cc1. The molecule has 1 heterocycles. The first-order valence-electron chi connectivity index (χ1n) is 6.93. The van der Waals surface area contributed by atoms with E-state index in [4.69, 9.17) is 0 Å². The van der Waals surface area contributed by atoms with Gasteiger partial charge in [-0.1, -0.05) is 18.2 Å². The van der Waals surface area contributed by atoms with E-state index in [2.05, 4.69) is 12.2 Å². The Kier molecular flexibility index (Phi) is 6.11. The molecule has 1 aromatic heterocycles. The van der Waals surface area contributed by atoms with Gasteiger partial charge in [0, 0.05) is 39.4 Å². The maximum absolute atomic E-state index is 11.3. The third-order valence-corrected chi connectivity index (χ3v) is 5.27. The zero-order chi connectivity index (χ0) is 15.2. The molecule has 0 saturated carbocycles. The van der Waals surface area contributed by atoms with Crippen LogP contribution in [0.3, 0.4) is 0 Å². The molecule has 0 aliphatic heterocycles. The van der Waals surface area contributed by atoms with Gasteiger partial charge in [0.15, 0.2) is 0 Å². The highest BCUT2D eigenvalue weighted by Crippen LogP contribution is 2.22. The van der Waals surface area contributed by atoms with E-state index in [0.29, 0.717) is 6.42 Å². The number of rotatable bonds is 7. The minimum atomic E-state index is -0.927. The molecule has 5 heteroatoms. The third kappa shape index (κ3) is 5.04. The number of benzene rings is 1. The Bertz CT molecular complexity index is 566. The molecule has 3 nitrogen and oxygen atoms in total. The highest BCUT2D eigenvalue weighted by Gasteiger charge is 2.12. The monoisotopic (exact) mass is 323 g/mol. The quantitative estimate of drug-likeness (QED) is 0.823. The minimum Gasteiger partial charge on any atom is -0.388 e. The van der Waals surface area contributed by atoms with Crippen molar-refractivity contribution < 1.29 is 9.32 Å². The molecule has 2 aromatic rings. The van der Waals surface area contributed by atoms with Gasteiger partial charge in [0.1, 0.15) is 0 Å². The van der Waals surface area contributed by atoms with Crippen molar-refractivity contribution in [2.24, 2.45) is 0 Å². The number of thiophene rings is 1. The van der Waals surface area contributed by atoms with Crippen molar-refractivity contribution in [3.05, 3.63) is 52.2 Å². The molecule has 0 spiro atoms. The molecule has 2 N–H and O–H groups in total. The molecule has 114 valence electrons. The summed E-state index contributed by atoms with van der Waals surface area (Å²) in [5.74, 6) is 0. The van der Waals surface area contributed by atoms with E-state index < -0.39 is 16.9 Å². The normalized spacial score (nSPS) is 15.6. The number of aliphatic hydroxyl groups is 1. The Morgan fingerprint density at radius 3 is 2.57 bits per heavy atom. The summed E-state index contributed by atoms with van der Waals surface area (Å²) in [5.41, 5.74) is 1.15. The molecule has 0 amide bonds. The zero-order valence-electron chi connectivity index (χ0n) is 12.3. The highest BCUT2D eigenvalue weighted by atomic mass is 32.2. The number of aliphatic hydroxyl groups excluding tert-OH is 1. The van der Waals surface area contributed by atoms with Crippen LogP contribution in [0, 0.1) is 0 Å². The largest absolute Gasteiger partial charge is 0.388 e. The molecular formula is C16H21NO2S2. The Labute approximate surface area is 132 Å². The summed E-state index contributed by atoms with van der Waals surface area (Å²) < 4.78 is 11.3. The second-order valence-electron chi connectivity index (χ2n) is 5.15. The summed E-state index contributed by atoms with van der Waals surface area (Å²) in [6.07, 6.45) is 1.97. The van der Waals surface area contributed by atoms with Crippen LogP contribution in [0.25, 0.3) is 0 Å². The minimum absolute atomic E-state index is 0.224. The molecule has 3 atom stereocenters. The average molecular weight is 323 g/mol. The summed E-state index contributed by atoms with van der Waals surface area (Å²) in [5, 5.41) is 15.5. The molecule has 2 rings (SSSR count). The Hall–Kier alpha value is -1.01. The van der Waals surface area contributed by atoms with Crippen LogP contribution in [0.15, 0.2) is 46.7 Å². The van der Waals surface area contributed by atoms with Crippen molar-refractivity contribution in [1.82, 2.24) is 5.32 Å². The van der Waals surface area contributed by atoms with E-state index in [9.17, 15) is 9.32 Å². The molecule has 0 radical (unpaired) electrons. The molecule has 0 bridgehead atoms. The molecule has 3 unspecified atom stereocenters. The first-order valence-corrected chi connectivity index (χ1v) is 9.37. The summed E-state index contributed by atoms with van der Waals surface area (Å²) in [7, 11) is -0.927. The summed E-state index contributed by atoms with van der Waals surface area (Å²) in [4.78, 5) is 1.86. The second kappa shape index (κ2) is 7.84. The van der Waals surface area contributed by atoms with Gasteiger partial charge in [0.05, 0.1) is 6.10 Å². The van der Waals surface area contributed by atoms with Gasteiger partial charge in [-0.05, 0) is 42.5 Å². The fourth-order valence-electron chi connectivity index (χ4n) is 2.11. The van der Waals surface area contributed by atoms with Crippen LogP contribution in [0.2, 0.25) is 0 Å². The number of hydrogen-bond donors (Lipinski definition) is 2. The third-order valence-electron chi connectivity index (χ3n) is 3.36. The van der Waals surface area contributed by atoms with Crippen molar-refractivity contribution in [2.45, 2.75) is 36.9 Å². The van der Waals surface area contributed by atoms with Crippen LogP contribution in [0.1, 0.15) is 29.9 Å². The van der Waals surface area contributed by atoms with Crippen molar-refractivity contribution in [3.8, 4) is 0 Å². The van der Waals surface area contributed by atoms with Crippen LogP contribution >= 0.6 is 11.3 Å². The van der Waals surface area contributed by atoms with Crippen LogP contribution in [0.5, 0.6) is 0 Å². The van der Waals surface area contributed by atoms with Gasteiger partial charge < -0.3 is 10.4 Å². The van der Waals surface area contributed by atoms with E-state index >= 15 is 0 Å². The lowest BCUT2D eigenvalue weighted by Crippen LogP contribution is -2.27. The van der Waals surface area contributed by atoms with Crippen LogP contribution in [-0.4, -0.2) is 21.6 Å². The predicted molar refractivity (Wildman–Crippen MR) is 89.0 cm³/mol. The topological polar surface area (TPSA) is 49.3 Å². The fraction of sp³-hybridized carbons (Fsp3) is 0.375. The van der Waals surface area contributed by atoms with Gasteiger partial charge in [0.2, 0.25) is 0 Å². The lowest BCUT2D eigenvalue weighted by atomic mass is 10.1. The van der Waals surface area contributed by atoms with Crippen molar-refractivity contribution >= 4 is 22.1 Å². The maximum atomic E-state index is 11.3. The zero-order valence-corrected chi connectivity index (χ0v) is 13.9. The molecule has 0 fully saturated rings. The van der Waals surface area contributed by atoms with Crippen molar-refractivity contribution in [3.63, 3.8) is 0 Å². The van der Waals surface area contributed by atoms with Gasteiger partial charge in [-0.15, -0.1) is 11.3 Å². The van der Waals surface area contributed by atoms with E-state index in [0.717, 1.165) is 21.9 Å². The van der Waals surface area contributed by atoms with Crippen molar-refractivity contribution in [2.75, 3.05) is 6.26 Å².